The van der Waals surface area contributed by atoms with Gasteiger partial charge in [0, 0.05) is 20.4 Å². The molecular weight excluding hydrogens is 267 g/mol. The number of halogens is 3. The van der Waals surface area contributed by atoms with E-state index in [1.165, 1.54) is 12.3 Å². The second kappa shape index (κ2) is 5.72. The lowest BCUT2D eigenvalue weighted by atomic mass is 9.92. The first kappa shape index (κ1) is 15.7. The van der Waals surface area contributed by atoms with Crippen molar-refractivity contribution in [1.29, 1.82) is 0 Å². The quantitative estimate of drug-likeness (QED) is 0.772. The Hall–Kier alpha value is -1.38. The number of aliphatic hydroxyl groups is 1. The lowest BCUT2D eigenvalue weighted by Crippen LogP contribution is -2.46. The first-order chi connectivity index (χ1) is 8.76. The van der Waals surface area contributed by atoms with Crippen LogP contribution in [0.1, 0.15) is 12.1 Å². The third kappa shape index (κ3) is 3.14. The van der Waals surface area contributed by atoms with Crippen molar-refractivity contribution >= 4 is 5.78 Å². The van der Waals surface area contributed by atoms with Crippen LogP contribution in [0, 0.1) is 0 Å². The number of H-pyrrole nitrogens is 1. The van der Waals surface area contributed by atoms with Crippen LogP contribution in [0.2, 0.25) is 0 Å². The fraction of sp³-hybridized carbons (Fsp3) is 0.545. The predicted molar refractivity (Wildman–Crippen MR) is 58.2 cm³/mol. The zero-order valence-corrected chi connectivity index (χ0v) is 10.3. The molecule has 5 nitrogen and oxygen atoms in total. The molecule has 0 radical (unpaired) electrons. The fourth-order valence-corrected chi connectivity index (χ4v) is 1.63. The predicted octanol–water partition coefficient (Wildman–Crippen LogP) is 1.34. The van der Waals surface area contributed by atoms with Crippen LogP contribution in [-0.2, 0) is 19.9 Å². The number of ether oxygens (including phenoxy) is 2. The van der Waals surface area contributed by atoms with Crippen LogP contribution >= 0.6 is 0 Å². The average molecular weight is 281 g/mol. The van der Waals surface area contributed by atoms with Gasteiger partial charge in [-0.25, -0.2) is 0 Å². The summed E-state index contributed by atoms with van der Waals surface area (Å²) in [6, 6.07) is 2.34. The molecule has 0 amide bonds. The smallest absolute Gasteiger partial charge is 0.375 e. The van der Waals surface area contributed by atoms with Crippen LogP contribution in [0.5, 0.6) is 0 Å². The molecule has 19 heavy (non-hydrogen) atoms. The highest BCUT2D eigenvalue weighted by Crippen LogP contribution is 2.41. The summed E-state index contributed by atoms with van der Waals surface area (Å²) in [4.78, 5) is 13.9. The van der Waals surface area contributed by atoms with Gasteiger partial charge in [0.1, 0.15) is 0 Å². The molecule has 0 fully saturated rings. The number of aromatic amines is 1. The van der Waals surface area contributed by atoms with Crippen molar-refractivity contribution in [3.63, 3.8) is 0 Å². The van der Waals surface area contributed by atoms with Gasteiger partial charge in [0.25, 0.3) is 0 Å². The second-order valence-electron chi connectivity index (χ2n) is 3.89. The van der Waals surface area contributed by atoms with Crippen molar-refractivity contribution in [2.45, 2.75) is 24.5 Å². The van der Waals surface area contributed by atoms with E-state index in [9.17, 15) is 23.1 Å². The summed E-state index contributed by atoms with van der Waals surface area (Å²) in [5.74, 6) is -1.01. The molecule has 0 saturated heterocycles. The third-order valence-electron chi connectivity index (χ3n) is 2.63. The molecule has 1 aromatic rings. The van der Waals surface area contributed by atoms with E-state index < -0.39 is 36.0 Å². The minimum atomic E-state index is -5.01. The molecule has 0 saturated carbocycles. The molecule has 1 atom stereocenters. The van der Waals surface area contributed by atoms with E-state index in [0.29, 0.717) is 0 Å². The Balaban J connectivity index is 3.04. The number of ketones is 1. The summed E-state index contributed by atoms with van der Waals surface area (Å²) >= 11 is 0. The molecule has 1 rings (SSSR count). The minimum absolute atomic E-state index is 0.515. The zero-order chi connectivity index (χ0) is 14.7. The Kier molecular flexibility index (Phi) is 4.72. The lowest BCUT2D eigenvalue weighted by Gasteiger charge is -2.30. The third-order valence-corrected chi connectivity index (χ3v) is 2.63. The molecule has 1 unspecified atom stereocenters. The second-order valence-corrected chi connectivity index (χ2v) is 3.89. The van der Waals surface area contributed by atoms with Crippen LogP contribution in [-0.4, -0.2) is 42.6 Å². The molecule has 8 heteroatoms. The topological polar surface area (TPSA) is 71.6 Å². The summed E-state index contributed by atoms with van der Waals surface area (Å²) < 4.78 is 48.1. The Morgan fingerprint density at radius 3 is 2.37 bits per heavy atom. The minimum Gasteiger partial charge on any atom is -0.375 e. The summed E-state index contributed by atoms with van der Waals surface area (Å²) in [6.45, 7) is 0. The molecule has 108 valence electrons. The van der Waals surface area contributed by atoms with Crippen molar-refractivity contribution in [1.82, 2.24) is 4.98 Å². The largest absolute Gasteiger partial charge is 0.423 e. The Morgan fingerprint density at radius 2 is 2.00 bits per heavy atom. The van der Waals surface area contributed by atoms with E-state index in [1.807, 2.05) is 0 Å². The Morgan fingerprint density at radius 1 is 1.42 bits per heavy atom. The highest BCUT2D eigenvalue weighted by Gasteiger charge is 2.57. The van der Waals surface area contributed by atoms with Crippen LogP contribution in [0.3, 0.4) is 0 Å². The first-order valence-electron chi connectivity index (χ1n) is 5.27. The van der Waals surface area contributed by atoms with E-state index in [1.54, 1.807) is 0 Å². The maximum Gasteiger partial charge on any atom is 0.423 e. The average Bonchev–Trinajstić information content (AvgIpc) is 2.82. The first-order valence-corrected chi connectivity index (χ1v) is 5.27. The van der Waals surface area contributed by atoms with Gasteiger partial charge < -0.3 is 19.6 Å². The van der Waals surface area contributed by atoms with Gasteiger partial charge in [-0.1, -0.05) is 0 Å². The summed E-state index contributed by atoms with van der Waals surface area (Å²) in [5.41, 5.74) is -3.82. The van der Waals surface area contributed by atoms with Gasteiger partial charge in [0.15, 0.2) is 5.78 Å². The van der Waals surface area contributed by atoms with Crippen molar-refractivity contribution in [3.05, 3.63) is 24.0 Å². The standard InChI is InChI=1S/C11H14F3NO4/c1-18-9(19-2)7(16)6-10(17,11(12,13)14)8-4-3-5-15-8/h3-5,9,15,17H,6H2,1-2H3. The van der Waals surface area contributed by atoms with Crippen molar-refractivity contribution in [3.8, 4) is 0 Å². The van der Waals surface area contributed by atoms with Crippen LogP contribution in [0.15, 0.2) is 18.3 Å². The summed E-state index contributed by atoms with van der Waals surface area (Å²) in [7, 11) is 2.24. The molecule has 0 aliphatic rings. The number of aromatic nitrogens is 1. The van der Waals surface area contributed by atoms with E-state index in [-0.39, 0.29) is 0 Å². The van der Waals surface area contributed by atoms with Crippen molar-refractivity contribution < 1.29 is 32.5 Å². The maximum atomic E-state index is 13.0. The Bertz CT molecular complexity index is 414. The number of Topliss-reactive ketones (excluding diaryl/α,β-unsaturated/α-hetero) is 1. The highest BCUT2D eigenvalue weighted by atomic mass is 19.4. The van der Waals surface area contributed by atoms with Crippen molar-refractivity contribution in [2.75, 3.05) is 14.2 Å². The SMILES string of the molecule is COC(OC)C(=O)CC(O)(c1ccc[nH]1)C(F)(F)F. The maximum absolute atomic E-state index is 13.0. The number of hydrogen-bond donors (Lipinski definition) is 2. The van der Waals surface area contributed by atoms with E-state index >= 15 is 0 Å². The Labute approximate surface area is 107 Å². The lowest BCUT2D eigenvalue weighted by molar-refractivity contribution is -0.270. The molecule has 0 spiro atoms. The van der Waals surface area contributed by atoms with Crippen LogP contribution in [0.4, 0.5) is 13.2 Å². The van der Waals surface area contributed by atoms with E-state index in [4.69, 9.17) is 0 Å². The zero-order valence-electron chi connectivity index (χ0n) is 10.3. The molecular formula is C11H14F3NO4. The molecule has 0 aliphatic carbocycles. The number of carbonyl (C=O) groups excluding carboxylic acids is 1. The number of hydrogen-bond acceptors (Lipinski definition) is 4. The number of rotatable bonds is 6. The van der Waals surface area contributed by atoms with Crippen LogP contribution < -0.4 is 0 Å². The number of nitrogens with one attached hydrogen (secondary N) is 1. The molecule has 0 aromatic carbocycles. The molecule has 0 aliphatic heterocycles. The van der Waals surface area contributed by atoms with Crippen LogP contribution in [0.25, 0.3) is 0 Å². The van der Waals surface area contributed by atoms with Gasteiger partial charge >= 0.3 is 6.18 Å². The normalized spacial score (nSPS) is 15.5. The fourth-order valence-electron chi connectivity index (χ4n) is 1.63. The monoisotopic (exact) mass is 281 g/mol. The highest BCUT2D eigenvalue weighted by molar-refractivity contribution is 5.83. The van der Waals surface area contributed by atoms with Gasteiger partial charge in [0.05, 0.1) is 12.1 Å². The summed E-state index contributed by atoms with van der Waals surface area (Å²) in [6.07, 6.45) is -6.45. The molecule has 1 aromatic heterocycles. The number of alkyl halides is 3. The van der Waals surface area contributed by atoms with Gasteiger partial charge in [-0.2, -0.15) is 13.2 Å². The number of carbonyl (C=O) groups is 1. The van der Waals surface area contributed by atoms with Gasteiger partial charge in [-0.05, 0) is 12.1 Å². The van der Waals surface area contributed by atoms with Crippen molar-refractivity contribution in [2.24, 2.45) is 0 Å². The summed E-state index contributed by atoms with van der Waals surface area (Å²) in [5, 5.41) is 9.83. The molecule has 1 heterocycles. The van der Waals surface area contributed by atoms with Gasteiger partial charge in [0.2, 0.25) is 11.9 Å². The van der Waals surface area contributed by atoms with E-state index in [0.717, 1.165) is 20.3 Å². The van der Waals surface area contributed by atoms with E-state index in [2.05, 4.69) is 14.5 Å². The van der Waals surface area contributed by atoms with Gasteiger partial charge in [-0.3, -0.25) is 4.79 Å². The van der Waals surface area contributed by atoms with Gasteiger partial charge in [-0.15, -0.1) is 0 Å². The molecule has 2 N–H and O–H groups in total. The number of methoxy groups -OCH3 is 2. The molecule has 0 bridgehead atoms.